The topological polar surface area (TPSA) is 32.5 Å². The average molecular weight is 273 g/mol. The molecule has 2 aliphatic rings. The highest BCUT2D eigenvalue weighted by atomic mass is 15.3. The van der Waals surface area contributed by atoms with E-state index in [1.165, 1.54) is 50.0 Å². The second-order valence-corrected chi connectivity index (χ2v) is 6.31. The first-order valence-corrected chi connectivity index (χ1v) is 8.09. The van der Waals surface area contributed by atoms with Gasteiger partial charge in [0.15, 0.2) is 0 Å². The van der Waals surface area contributed by atoms with Crippen LogP contribution in [-0.2, 0) is 0 Å². The van der Waals surface area contributed by atoms with Crippen molar-refractivity contribution < 1.29 is 0 Å². The van der Waals surface area contributed by atoms with Gasteiger partial charge in [0.05, 0.1) is 0 Å². The van der Waals surface area contributed by atoms with E-state index in [-0.39, 0.29) is 6.04 Å². The molecule has 110 valence electrons. The fraction of sp³-hybridized carbons (Fsp3) is 0.647. The third-order valence-electron chi connectivity index (χ3n) is 4.92. The number of nitrogens with two attached hydrogens (primary N) is 1. The largest absolute Gasteiger partial charge is 0.369 e. The summed E-state index contributed by atoms with van der Waals surface area (Å²) in [4.78, 5) is 5.22. The Morgan fingerprint density at radius 2 is 1.70 bits per heavy atom. The van der Waals surface area contributed by atoms with Gasteiger partial charge in [0.25, 0.3) is 0 Å². The zero-order chi connectivity index (χ0) is 13.9. The van der Waals surface area contributed by atoms with E-state index in [0.717, 1.165) is 19.1 Å². The van der Waals surface area contributed by atoms with Crippen LogP contribution in [0, 0.1) is 0 Å². The van der Waals surface area contributed by atoms with Crippen molar-refractivity contribution in [1.29, 1.82) is 0 Å². The molecule has 0 aromatic heterocycles. The molecule has 0 amide bonds. The first-order chi connectivity index (χ1) is 9.75. The summed E-state index contributed by atoms with van der Waals surface area (Å²) in [6.45, 7) is 6.77. The first-order valence-electron chi connectivity index (χ1n) is 8.09. The number of para-hydroxylation sites is 1. The van der Waals surface area contributed by atoms with E-state index in [9.17, 15) is 0 Å². The summed E-state index contributed by atoms with van der Waals surface area (Å²) < 4.78 is 0. The Hall–Kier alpha value is -1.06. The molecule has 1 aliphatic carbocycles. The highest BCUT2D eigenvalue weighted by Gasteiger charge is 2.26. The molecule has 1 saturated carbocycles. The van der Waals surface area contributed by atoms with E-state index in [1.54, 1.807) is 0 Å². The van der Waals surface area contributed by atoms with Crippen LogP contribution in [0.15, 0.2) is 24.3 Å². The summed E-state index contributed by atoms with van der Waals surface area (Å²) in [6.07, 6.45) is 5.68. The quantitative estimate of drug-likeness (QED) is 0.919. The van der Waals surface area contributed by atoms with Crippen LogP contribution in [0.3, 0.4) is 0 Å². The van der Waals surface area contributed by atoms with Gasteiger partial charge in [-0.1, -0.05) is 31.0 Å². The fourth-order valence-corrected chi connectivity index (χ4v) is 3.76. The summed E-state index contributed by atoms with van der Waals surface area (Å²) >= 11 is 0. The number of anilines is 1. The number of nitrogens with zero attached hydrogens (tertiary/aromatic N) is 2. The molecule has 1 aromatic rings. The SMILES string of the molecule is C[C@@H](N)c1ccccc1N1CCN(C2CCCC2)CC1. The number of rotatable bonds is 3. The van der Waals surface area contributed by atoms with Gasteiger partial charge in [-0.15, -0.1) is 0 Å². The summed E-state index contributed by atoms with van der Waals surface area (Å²) in [7, 11) is 0. The molecule has 1 heterocycles. The van der Waals surface area contributed by atoms with Crippen LogP contribution in [0.1, 0.15) is 44.2 Å². The maximum absolute atomic E-state index is 6.11. The molecule has 1 aromatic carbocycles. The molecule has 3 rings (SSSR count). The molecule has 0 bridgehead atoms. The van der Waals surface area contributed by atoms with Crippen molar-refractivity contribution in [1.82, 2.24) is 4.90 Å². The van der Waals surface area contributed by atoms with Crippen LogP contribution in [0.2, 0.25) is 0 Å². The van der Waals surface area contributed by atoms with Crippen molar-refractivity contribution in [3.8, 4) is 0 Å². The first kappa shape index (κ1) is 13.9. The Morgan fingerprint density at radius 1 is 1.05 bits per heavy atom. The zero-order valence-corrected chi connectivity index (χ0v) is 12.6. The van der Waals surface area contributed by atoms with E-state index >= 15 is 0 Å². The Bertz CT molecular complexity index is 430. The highest BCUT2D eigenvalue weighted by molar-refractivity contribution is 5.55. The predicted octanol–water partition coefficient (Wildman–Crippen LogP) is 2.77. The van der Waals surface area contributed by atoms with Gasteiger partial charge in [-0.3, -0.25) is 4.90 Å². The Kier molecular flexibility index (Phi) is 4.27. The number of hydrogen-bond donors (Lipinski definition) is 1. The molecule has 0 spiro atoms. The third-order valence-corrected chi connectivity index (χ3v) is 4.92. The van der Waals surface area contributed by atoms with Gasteiger partial charge < -0.3 is 10.6 Å². The molecule has 0 radical (unpaired) electrons. The maximum Gasteiger partial charge on any atom is 0.0415 e. The second kappa shape index (κ2) is 6.15. The summed E-state index contributed by atoms with van der Waals surface area (Å²) in [5.41, 5.74) is 8.73. The van der Waals surface area contributed by atoms with Crippen molar-refractivity contribution in [2.45, 2.75) is 44.7 Å². The summed E-state index contributed by atoms with van der Waals surface area (Å²) in [6, 6.07) is 9.59. The minimum Gasteiger partial charge on any atom is -0.369 e. The maximum atomic E-state index is 6.11. The normalized spacial score (nSPS) is 23.2. The lowest BCUT2D eigenvalue weighted by Gasteiger charge is -2.40. The molecule has 2 N–H and O–H groups in total. The van der Waals surface area contributed by atoms with Crippen LogP contribution >= 0.6 is 0 Å². The standard InChI is InChI=1S/C17H27N3/c1-14(18)16-8-4-5-9-17(16)20-12-10-19(11-13-20)15-6-2-3-7-15/h4-5,8-9,14-15H,2-3,6-7,10-13,18H2,1H3/t14-/m1/s1. The predicted molar refractivity (Wildman–Crippen MR) is 85.1 cm³/mol. The lowest BCUT2D eigenvalue weighted by atomic mass is 10.0. The number of benzene rings is 1. The Balaban J connectivity index is 1.66. The van der Waals surface area contributed by atoms with Gasteiger partial charge in [-0.2, -0.15) is 0 Å². The van der Waals surface area contributed by atoms with E-state index in [4.69, 9.17) is 5.73 Å². The third kappa shape index (κ3) is 2.84. The van der Waals surface area contributed by atoms with Crippen molar-refractivity contribution >= 4 is 5.69 Å². The molecule has 1 atom stereocenters. The van der Waals surface area contributed by atoms with Gasteiger partial charge >= 0.3 is 0 Å². The number of hydrogen-bond acceptors (Lipinski definition) is 3. The molecule has 1 saturated heterocycles. The molecule has 3 heteroatoms. The van der Waals surface area contributed by atoms with Crippen LogP contribution in [-0.4, -0.2) is 37.1 Å². The van der Waals surface area contributed by atoms with E-state index in [0.29, 0.717) is 0 Å². The van der Waals surface area contributed by atoms with Gasteiger partial charge in [-0.25, -0.2) is 0 Å². The van der Waals surface area contributed by atoms with Gasteiger partial charge in [0.2, 0.25) is 0 Å². The molecule has 0 unspecified atom stereocenters. The lowest BCUT2D eigenvalue weighted by molar-refractivity contribution is 0.187. The summed E-state index contributed by atoms with van der Waals surface area (Å²) in [5, 5.41) is 0. The van der Waals surface area contributed by atoms with Crippen molar-refractivity contribution in [3.05, 3.63) is 29.8 Å². The number of piperazine rings is 1. The highest BCUT2D eigenvalue weighted by Crippen LogP contribution is 2.28. The van der Waals surface area contributed by atoms with Gasteiger partial charge in [0.1, 0.15) is 0 Å². The minimum absolute atomic E-state index is 0.110. The Morgan fingerprint density at radius 3 is 2.35 bits per heavy atom. The fourth-order valence-electron chi connectivity index (χ4n) is 3.76. The smallest absolute Gasteiger partial charge is 0.0415 e. The molecule has 2 fully saturated rings. The molecular formula is C17H27N3. The van der Waals surface area contributed by atoms with Gasteiger partial charge in [-0.05, 0) is 31.4 Å². The second-order valence-electron chi connectivity index (χ2n) is 6.31. The van der Waals surface area contributed by atoms with Crippen LogP contribution < -0.4 is 10.6 Å². The van der Waals surface area contributed by atoms with Crippen LogP contribution in [0.25, 0.3) is 0 Å². The minimum atomic E-state index is 0.110. The van der Waals surface area contributed by atoms with Crippen molar-refractivity contribution in [2.24, 2.45) is 5.73 Å². The van der Waals surface area contributed by atoms with E-state index < -0.39 is 0 Å². The summed E-state index contributed by atoms with van der Waals surface area (Å²) in [5.74, 6) is 0. The molecule has 20 heavy (non-hydrogen) atoms. The van der Waals surface area contributed by atoms with E-state index in [1.807, 2.05) is 0 Å². The molecule has 1 aliphatic heterocycles. The zero-order valence-electron chi connectivity index (χ0n) is 12.6. The molecule has 3 nitrogen and oxygen atoms in total. The monoisotopic (exact) mass is 273 g/mol. The van der Waals surface area contributed by atoms with Crippen molar-refractivity contribution in [3.63, 3.8) is 0 Å². The van der Waals surface area contributed by atoms with E-state index in [2.05, 4.69) is 41.0 Å². The van der Waals surface area contributed by atoms with Crippen molar-refractivity contribution in [2.75, 3.05) is 31.1 Å². The van der Waals surface area contributed by atoms with Gasteiger partial charge in [0, 0.05) is 44.0 Å². The van der Waals surface area contributed by atoms with Crippen LogP contribution in [0.5, 0.6) is 0 Å². The lowest BCUT2D eigenvalue weighted by Crippen LogP contribution is -2.50. The molecular weight excluding hydrogens is 246 g/mol. The average Bonchev–Trinajstić information content (AvgIpc) is 3.02. The Labute approximate surface area is 122 Å². The van der Waals surface area contributed by atoms with Crippen LogP contribution in [0.4, 0.5) is 5.69 Å².